The molecule has 0 aromatic heterocycles. The summed E-state index contributed by atoms with van der Waals surface area (Å²) < 4.78 is 0. The second-order valence-corrected chi connectivity index (χ2v) is 4.12. The Kier molecular flexibility index (Phi) is 3.58. The highest BCUT2D eigenvalue weighted by Crippen LogP contribution is 2.24. The largest absolute Gasteiger partial charge is 0.343 e. The van der Waals surface area contributed by atoms with Crippen LogP contribution in [0.5, 0.6) is 0 Å². The van der Waals surface area contributed by atoms with Gasteiger partial charge in [0.2, 0.25) is 11.8 Å². The first kappa shape index (κ1) is 12.1. The molecule has 92 valence electrons. The van der Waals surface area contributed by atoms with Gasteiger partial charge < -0.3 is 10.2 Å². The zero-order chi connectivity index (χ0) is 13.0. The molecule has 0 aliphatic carbocycles. The van der Waals surface area contributed by atoms with Gasteiger partial charge in [-0.25, -0.2) is 0 Å². The first-order valence-corrected chi connectivity index (χ1v) is 5.72. The Balaban J connectivity index is 2.04. The maximum Gasteiger partial charge on any atom is 0.227 e. The number of carbonyl (C=O) groups is 2. The van der Waals surface area contributed by atoms with Crippen molar-refractivity contribution in [1.82, 2.24) is 5.32 Å². The van der Waals surface area contributed by atoms with Gasteiger partial charge in [0, 0.05) is 18.7 Å². The van der Waals surface area contributed by atoms with E-state index in [1.807, 2.05) is 36.4 Å². The Morgan fingerprint density at radius 3 is 2.83 bits per heavy atom. The zero-order valence-electron chi connectivity index (χ0n) is 9.80. The van der Waals surface area contributed by atoms with E-state index in [9.17, 15) is 9.59 Å². The number of hydrogen-bond acceptors (Lipinski definition) is 3. The molecule has 1 atom stereocenters. The van der Waals surface area contributed by atoms with E-state index in [4.69, 9.17) is 5.26 Å². The highest BCUT2D eigenvalue weighted by molar-refractivity contribution is 6.00. The fourth-order valence-electron chi connectivity index (χ4n) is 2.01. The Morgan fingerprint density at radius 1 is 1.44 bits per heavy atom. The standard InChI is InChI=1S/C13H13N3O2/c14-6-7-15-13(18)10-8-12(17)16(9-10)11-4-2-1-3-5-11/h1-5,10H,7-9H2,(H,15,18)/t10-/m0/s1. The minimum Gasteiger partial charge on any atom is -0.343 e. The molecule has 1 fully saturated rings. The Labute approximate surface area is 105 Å². The molecule has 1 heterocycles. The topological polar surface area (TPSA) is 73.2 Å². The maximum atomic E-state index is 11.8. The summed E-state index contributed by atoms with van der Waals surface area (Å²) in [5, 5.41) is 10.9. The molecule has 0 unspecified atom stereocenters. The van der Waals surface area contributed by atoms with E-state index in [2.05, 4.69) is 5.32 Å². The Bertz CT molecular complexity index is 493. The van der Waals surface area contributed by atoms with Gasteiger partial charge in [0.1, 0.15) is 6.54 Å². The predicted octanol–water partition coefficient (Wildman–Crippen LogP) is 0.679. The second kappa shape index (κ2) is 5.32. The molecule has 1 aromatic rings. The van der Waals surface area contributed by atoms with Crippen molar-refractivity contribution in [2.75, 3.05) is 18.0 Å². The lowest BCUT2D eigenvalue weighted by molar-refractivity contribution is -0.126. The molecule has 5 nitrogen and oxygen atoms in total. The molecule has 1 aliphatic heterocycles. The number of rotatable bonds is 3. The van der Waals surface area contributed by atoms with E-state index in [1.165, 1.54) is 0 Å². The minimum absolute atomic E-state index is 0.0190. The van der Waals surface area contributed by atoms with Crippen LogP contribution in [0, 0.1) is 17.2 Å². The van der Waals surface area contributed by atoms with Crippen LogP contribution in [0.3, 0.4) is 0 Å². The lowest BCUT2D eigenvalue weighted by Gasteiger charge is -2.16. The van der Waals surface area contributed by atoms with Crippen molar-refractivity contribution in [2.24, 2.45) is 5.92 Å². The average Bonchev–Trinajstić information content (AvgIpc) is 2.79. The molecule has 5 heteroatoms. The minimum atomic E-state index is -0.369. The fourth-order valence-corrected chi connectivity index (χ4v) is 2.01. The quantitative estimate of drug-likeness (QED) is 0.793. The summed E-state index contributed by atoms with van der Waals surface area (Å²) in [4.78, 5) is 25.1. The summed E-state index contributed by atoms with van der Waals surface area (Å²) >= 11 is 0. The number of carbonyl (C=O) groups excluding carboxylic acids is 2. The van der Waals surface area contributed by atoms with Gasteiger partial charge in [-0.3, -0.25) is 9.59 Å². The van der Waals surface area contributed by atoms with Crippen LogP contribution in [0.1, 0.15) is 6.42 Å². The molecule has 0 spiro atoms. The fraction of sp³-hybridized carbons (Fsp3) is 0.308. The lowest BCUT2D eigenvalue weighted by atomic mass is 10.1. The first-order valence-electron chi connectivity index (χ1n) is 5.72. The molecule has 1 saturated heterocycles. The van der Waals surface area contributed by atoms with Crippen LogP contribution in [0.15, 0.2) is 30.3 Å². The molecule has 1 aliphatic rings. The predicted molar refractivity (Wildman–Crippen MR) is 65.5 cm³/mol. The van der Waals surface area contributed by atoms with Crippen LogP contribution in [-0.2, 0) is 9.59 Å². The average molecular weight is 243 g/mol. The van der Waals surface area contributed by atoms with Crippen LogP contribution in [0.25, 0.3) is 0 Å². The summed E-state index contributed by atoms with van der Waals surface area (Å²) in [6.45, 7) is 0.356. The van der Waals surface area contributed by atoms with Crippen LogP contribution in [0.2, 0.25) is 0 Å². The van der Waals surface area contributed by atoms with Crippen LogP contribution in [0.4, 0.5) is 5.69 Å². The van der Waals surface area contributed by atoms with Crippen LogP contribution < -0.4 is 10.2 Å². The molecule has 0 saturated carbocycles. The third-order valence-corrected chi connectivity index (χ3v) is 2.91. The molecule has 2 rings (SSSR count). The molecule has 18 heavy (non-hydrogen) atoms. The zero-order valence-corrected chi connectivity index (χ0v) is 9.80. The maximum absolute atomic E-state index is 11.8. The van der Waals surface area contributed by atoms with Gasteiger partial charge >= 0.3 is 0 Å². The van der Waals surface area contributed by atoms with Crippen molar-refractivity contribution in [3.8, 4) is 6.07 Å². The number of hydrogen-bond donors (Lipinski definition) is 1. The van der Waals surface area contributed by atoms with Crippen molar-refractivity contribution < 1.29 is 9.59 Å². The van der Waals surface area contributed by atoms with Crippen LogP contribution >= 0.6 is 0 Å². The summed E-state index contributed by atoms with van der Waals surface area (Å²) in [6.07, 6.45) is 0.201. The second-order valence-electron chi connectivity index (χ2n) is 4.12. The van der Waals surface area contributed by atoms with E-state index < -0.39 is 0 Å². The molecule has 1 aromatic carbocycles. The van der Waals surface area contributed by atoms with Crippen LogP contribution in [-0.4, -0.2) is 24.9 Å². The van der Waals surface area contributed by atoms with Crippen molar-refractivity contribution in [2.45, 2.75) is 6.42 Å². The molecule has 0 bridgehead atoms. The summed E-state index contributed by atoms with van der Waals surface area (Å²) in [7, 11) is 0. The molecular formula is C13H13N3O2. The van der Waals surface area contributed by atoms with Crippen molar-refractivity contribution in [1.29, 1.82) is 5.26 Å². The van der Waals surface area contributed by atoms with E-state index in [1.54, 1.807) is 4.90 Å². The van der Waals surface area contributed by atoms with E-state index in [-0.39, 0.29) is 30.7 Å². The van der Waals surface area contributed by atoms with Crippen molar-refractivity contribution in [3.63, 3.8) is 0 Å². The Morgan fingerprint density at radius 2 is 2.17 bits per heavy atom. The molecule has 2 amide bonds. The summed E-state index contributed by atoms with van der Waals surface area (Å²) in [5.41, 5.74) is 0.804. The molecule has 0 radical (unpaired) electrons. The highest BCUT2D eigenvalue weighted by Gasteiger charge is 2.34. The molecular weight excluding hydrogens is 230 g/mol. The van der Waals surface area contributed by atoms with Crippen molar-refractivity contribution >= 4 is 17.5 Å². The number of amides is 2. The first-order chi connectivity index (χ1) is 8.72. The monoisotopic (exact) mass is 243 g/mol. The third kappa shape index (κ3) is 2.48. The number of nitrogens with one attached hydrogen (secondary N) is 1. The van der Waals surface area contributed by atoms with Gasteiger partial charge in [0.15, 0.2) is 0 Å². The third-order valence-electron chi connectivity index (χ3n) is 2.91. The summed E-state index contributed by atoms with van der Waals surface area (Å²) in [5.74, 6) is -0.660. The van der Waals surface area contributed by atoms with Gasteiger partial charge in [-0.2, -0.15) is 5.26 Å². The van der Waals surface area contributed by atoms with Crippen molar-refractivity contribution in [3.05, 3.63) is 30.3 Å². The number of para-hydroxylation sites is 1. The number of benzene rings is 1. The smallest absolute Gasteiger partial charge is 0.227 e. The van der Waals surface area contributed by atoms with Gasteiger partial charge in [-0.05, 0) is 12.1 Å². The van der Waals surface area contributed by atoms with Gasteiger partial charge in [-0.1, -0.05) is 18.2 Å². The van der Waals surface area contributed by atoms with E-state index in [0.29, 0.717) is 6.54 Å². The lowest BCUT2D eigenvalue weighted by Crippen LogP contribution is -2.33. The summed E-state index contributed by atoms with van der Waals surface area (Å²) in [6, 6.07) is 11.1. The van der Waals surface area contributed by atoms with E-state index >= 15 is 0 Å². The Hall–Kier alpha value is -2.35. The van der Waals surface area contributed by atoms with Gasteiger partial charge in [0.25, 0.3) is 0 Å². The normalized spacial score (nSPS) is 18.5. The van der Waals surface area contributed by atoms with Gasteiger partial charge in [-0.15, -0.1) is 0 Å². The SMILES string of the molecule is N#CCNC(=O)[C@H]1CC(=O)N(c2ccccc2)C1. The number of nitriles is 1. The molecule has 1 N–H and O–H groups in total. The number of anilines is 1. The number of nitrogens with zero attached hydrogens (tertiary/aromatic N) is 2. The highest BCUT2D eigenvalue weighted by atomic mass is 16.2. The van der Waals surface area contributed by atoms with E-state index in [0.717, 1.165) is 5.69 Å². The van der Waals surface area contributed by atoms with Gasteiger partial charge in [0.05, 0.1) is 12.0 Å².